The van der Waals surface area contributed by atoms with Crippen LogP contribution in [0, 0.1) is 0 Å². The SMILES string of the molecule is CN(C(=O)c1cccc2c1CCNC2)C1CCS(=O)(=O)C1. The molecular weight excluding hydrogens is 288 g/mol. The Morgan fingerprint density at radius 1 is 1.38 bits per heavy atom. The number of benzene rings is 1. The molecule has 5 nitrogen and oxygen atoms in total. The summed E-state index contributed by atoms with van der Waals surface area (Å²) in [5.41, 5.74) is 2.99. The van der Waals surface area contributed by atoms with Gasteiger partial charge in [0.15, 0.2) is 9.84 Å². The minimum absolute atomic E-state index is 0.0594. The molecule has 1 aromatic rings. The molecule has 0 radical (unpaired) electrons. The first-order valence-electron chi connectivity index (χ1n) is 7.27. The highest BCUT2D eigenvalue weighted by Gasteiger charge is 2.33. The maximum absolute atomic E-state index is 12.7. The zero-order valence-corrected chi connectivity index (χ0v) is 12.9. The Kier molecular flexibility index (Phi) is 3.75. The van der Waals surface area contributed by atoms with Crippen LogP contribution in [-0.2, 0) is 22.8 Å². The van der Waals surface area contributed by atoms with Crippen LogP contribution in [0.15, 0.2) is 18.2 Å². The molecule has 2 heterocycles. The van der Waals surface area contributed by atoms with Gasteiger partial charge in [0.05, 0.1) is 11.5 Å². The lowest BCUT2D eigenvalue weighted by atomic mass is 9.94. The largest absolute Gasteiger partial charge is 0.338 e. The summed E-state index contributed by atoms with van der Waals surface area (Å²) in [5.74, 6) is 0.216. The molecule has 2 aliphatic heterocycles. The molecule has 1 saturated heterocycles. The van der Waals surface area contributed by atoms with Gasteiger partial charge in [0, 0.05) is 25.2 Å². The normalized spacial score (nSPS) is 23.6. The lowest BCUT2D eigenvalue weighted by molar-refractivity contribution is 0.0746. The van der Waals surface area contributed by atoms with E-state index in [1.165, 1.54) is 5.56 Å². The molecule has 21 heavy (non-hydrogen) atoms. The second-order valence-corrected chi connectivity index (χ2v) is 8.07. The van der Waals surface area contributed by atoms with Gasteiger partial charge in [0.1, 0.15) is 0 Å². The van der Waals surface area contributed by atoms with Crippen LogP contribution in [-0.4, -0.2) is 50.4 Å². The summed E-state index contributed by atoms with van der Waals surface area (Å²) in [6.45, 7) is 1.66. The average Bonchev–Trinajstić information content (AvgIpc) is 2.85. The summed E-state index contributed by atoms with van der Waals surface area (Å²) < 4.78 is 23.2. The molecule has 114 valence electrons. The maximum atomic E-state index is 12.7. The molecule has 0 aliphatic carbocycles. The zero-order chi connectivity index (χ0) is 15.0. The van der Waals surface area contributed by atoms with Crippen LogP contribution in [0.5, 0.6) is 0 Å². The van der Waals surface area contributed by atoms with Gasteiger partial charge in [-0.25, -0.2) is 8.42 Å². The number of nitrogens with zero attached hydrogens (tertiary/aromatic N) is 1. The Bertz CT molecular complexity index is 669. The van der Waals surface area contributed by atoms with E-state index in [0.717, 1.165) is 30.6 Å². The second kappa shape index (κ2) is 5.42. The van der Waals surface area contributed by atoms with E-state index in [-0.39, 0.29) is 23.5 Å². The van der Waals surface area contributed by atoms with Crippen molar-refractivity contribution in [1.82, 2.24) is 10.2 Å². The van der Waals surface area contributed by atoms with Gasteiger partial charge >= 0.3 is 0 Å². The summed E-state index contributed by atoms with van der Waals surface area (Å²) in [4.78, 5) is 14.3. The van der Waals surface area contributed by atoms with Crippen molar-refractivity contribution < 1.29 is 13.2 Å². The lowest BCUT2D eigenvalue weighted by Gasteiger charge is -2.26. The zero-order valence-electron chi connectivity index (χ0n) is 12.1. The van der Waals surface area contributed by atoms with Crippen LogP contribution in [0.4, 0.5) is 0 Å². The fraction of sp³-hybridized carbons (Fsp3) is 0.533. The first-order chi connectivity index (χ1) is 9.98. The molecule has 1 atom stereocenters. The van der Waals surface area contributed by atoms with Crippen molar-refractivity contribution in [1.29, 1.82) is 0 Å². The van der Waals surface area contributed by atoms with Crippen LogP contribution in [0.3, 0.4) is 0 Å². The van der Waals surface area contributed by atoms with Gasteiger partial charge in [0.25, 0.3) is 5.91 Å². The van der Waals surface area contributed by atoms with E-state index in [0.29, 0.717) is 6.42 Å². The molecule has 1 unspecified atom stereocenters. The molecule has 0 bridgehead atoms. The molecule has 1 N–H and O–H groups in total. The third-order valence-corrected chi connectivity index (χ3v) is 6.20. The summed E-state index contributed by atoms with van der Waals surface area (Å²) in [7, 11) is -1.26. The first kappa shape index (κ1) is 14.5. The van der Waals surface area contributed by atoms with E-state index in [9.17, 15) is 13.2 Å². The number of hydrogen-bond acceptors (Lipinski definition) is 4. The maximum Gasteiger partial charge on any atom is 0.254 e. The topological polar surface area (TPSA) is 66.5 Å². The second-order valence-electron chi connectivity index (χ2n) is 5.84. The third-order valence-electron chi connectivity index (χ3n) is 4.45. The standard InChI is InChI=1S/C15H20N2O3S/c1-17(12-6-8-21(19,20)10-12)15(18)14-4-2-3-11-9-16-7-5-13(11)14/h2-4,12,16H,5-10H2,1H3. The van der Waals surface area contributed by atoms with Gasteiger partial charge in [-0.3, -0.25) is 4.79 Å². The number of nitrogens with one attached hydrogen (secondary N) is 1. The Balaban J connectivity index is 1.85. The van der Waals surface area contributed by atoms with Crippen molar-refractivity contribution in [3.05, 3.63) is 34.9 Å². The summed E-state index contributed by atoms with van der Waals surface area (Å²) in [6.07, 6.45) is 1.38. The fourth-order valence-electron chi connectivity index (χ4n) is 3.17. The smallest absolute Gasteiger partial charge is 0.254 e. The predicted octanol–water partition coefficient (Wildman–Crippen LogP) is 0.591. The fourth-order valence-corrected chi connectivity index (χ4v) is 4.94. The highest BCUT2D eigenvalue weighted by atomic mass is 32.2. The third kappa shape index (κ3) is 2.82. The van der Waals surface area contributed by atoms with Crippen molar-refractivity contribution in [2.45, 2.75) is 25.4 Å². The van der Waals surface area contributed by atoms with E-state index in [4.69, 9.17) is 0 Å². The average molecular weight is 308 g/mol. The Morgan fingerprint density at radius 3 is 2.90 bits per heavy atom. The number of rotatable bonds is 2. The van der Waals surface area contributed by atoms with Gasteiger partial charge < -0.3 is 10.2 Å². The number of sulfone groups is 1. The van der Waals surface area contributed by atoms with Crippen molar-refractivity contribution in [2.75, 3.05) is 25.1 Å². The van der Waals surface area contributed by atoms with E-state index in [1.807, 2.05) is 18.2 Å². The van der Waals surface area contributed by atoms with Crippen LogP contribution in [0.25, 0.3) is 0 Å². The first-order valence-corrected chi connectivity index (χ1v) is 9.09. The van der Waals surface area contributed by atoms with Crippen molar-refractivity contribution >= 4 is 15.7 Å². The molecular formula is C15H20N2O3S. The highest BCUT2D eigenvalue weighted by Crippen LogP contribution is 2.23. The van der Waals surface area contributed by atoms with Crippen LogP contribution >= 0.6 is 0 Å². The lowest BCUT2D eigenvalue weighted by Crippen LogP contribution is -2.39. The molecule has 0 aromatic heterocycles. The van der Waals surface area contributed by atoms with Gasteiger partial charge in [-0.05, 0) is 36.6 Å². The minimum atomic E-state index is -2.98. The highest BCUT2D eigenvalue weighted by molar-refractivity contribution is 7.91. The molecule has 6 heteroatoms. The van der Waals surface area contributed by atoms with Gasteiger partial charge in [-0.15, -0.1) is 0 Å². The molecule has 1 aromatic carbocycles. The number of carbonyl (C=O) groups is 1. The van der Waals surface area contributed by atoms with E-state index in [2.05, 4.69) is 5.32 Å². The molecule has 0 saturated carbocycles. The van der Waals surface area contributed by atoms with Crippen molar-refractivity contribution in [3.8, 4) is 0 Å². The van der Waals surface area contributed by atoms with Crippen LogP contribution in [0.2, 0.25) is 0 Å². The molecule has 1 fully saturated rings. The van der Waals surface area contributed by atoms with Gasteiger partial charge in [-0.2, -0.15) is 0 Å². The Labute approximate surface area is 125 Å². The van der Waals surface area contributed by atoms with Crippen molar-refractivity contribution in [3.63, 3.8) is 0 Å². The van der Waals surface area contributed by atoms with Crippen molar-refractivity contribution in [2.24, 2.45) is 0 Å². The Hall–Kier alpha value is -1.40. The summed E-state index contributed by atoms with van der Waals surface area (Å²) in [5, 5.41) is 3.30. The van der Waals surface area contributed by atoms with E-state index < -0.39 is 9.84 Å². The Morgan fingerprint density at radius 2 is 2.19 bits per heavy atom. The predicted molar refractivity (Wildman–Crippen MR) is 81.0 cm³/mol. The summed E-state index contributed by atoms with van der Waals surface area (Å²) >= 11 is 0. The van der Waals surface area contributed by atoms with Crippen LogP contribution < -0.4 is 5.32 Å². The van der Waals surface area contributed by atoms with E-state index in [1.54, 1.807) is 11.9 Å². The molecule has 1 amide bonds. The van der Waals surface area contributed by atoms with E-state index >= 15 is 0 Å². The molecule has 3 rings (SSSR count). The number of hydrogen-bond donors (Lipinski definition) is 1. The van der Waals surface area contributed by atoms with Crippen LogP contribution in [0.1, 0.15) is 27.9 Å². The van der Waals surface area contributed by atoms with Gasteiger partial charge in [-0.1, -0.05) is 12.1 Å². The van der Waals surface area contributed by atoms with Gasteiger partial charge in [0.2, 0.25) is 0 Å². The summed E-state index contributed by atoms with van der Waals surface area (Å²) in [6, 6.07) is 5.60. The number of carbonyl (C=O) groups excluding carboxylic acids is 1. The monoisotopic (exact) mass is 308 g/mol. The molecule has 0 spiro atoms. The number of fused-ring (bicyclic) bond motifs is 1. The minimum Gasteiger partial charge on any atom is -0.338 e. The quantitative estimate of drug-likeness (QED) is 0.868. The number of amides is 1. The molecule has 2 aliphatic rings.